The quantitative estimate of drug-likeness (QED) is 0.604. The summed E-state index contributed by atoms with van der Waals surface area (Å²) in [4.78, 5) is 13.8. The Balaban J connectivity index is 1.96. The minimum Gasteiger partial charge on any atom is -0.326 e. The van der Waals surface area contributed by atoms with E-state index in [2.05, 4.69) is 53.0 Å². The molecule has 1 aromatic carbocycles. The van der Waals surface area contributed by atoms with Crippen molar-refractivity contribution in [3.05, 3.63) is 45.6 Å². The Morgan fingerprint density at radius 1 is 1.26 bits per heavy atom. The zero-order valence-electron chi connectivity index (χ0n) is 13.3. The first-order valence-electron chi connectivity index (χ1n) is 7.99. The van der Waals surface area contributed by atoms with Crippen LogP contribution >= 0.6 is 22.9 Å². The third-order valence-corrected chi connectivity index (χ3v) is 5.76. The minimum absolute atomic E-state index is 0.332. The molecule has 23 heavy (non-hydrogen) atoms. The van der Waals surface area contributed by atoms with E-state index in [1.165, 1.54) is 27.8 Å². The first-order valence-corrected chi connectivity index (χ1v) is 9.19. The molecular formula is C18H18ClN3S. The molecule has 0 fully saturated rings. The molecule has 1 aliphatic carbocycles. The maximum atomic E-state index is 6.22. The molecule has 0 atom stereocenters. The zero-order valence-corrected chi connectivity index (χ0v) is 14.8. The predicted molar refractivity (Wildman–Crippen MR) is 98.3 cm³/mol. The number of halogens is 1. The normalized spacial score (nSPS) is 13.5. The first-order chi connectivity index (χ1) is 11.2. The third-order valence-electron chi connectivity index (χ3n) is 4.40. The molecule has 0 N–H and O–H groups in total. The van der Waals surface area contributed by atoms with Crippen molar-refractivity contribution in [3.8, 4) is 0 Å². The number of nitrogens with zero attached hydrogens (tertiary/aromatic N) is 3. The number of hydrogen-bond acceptors (Lipinski definition) is 4. The van der Waals surface area contributed by atoms with Crippen molar-refractivity contribution in [1.29, 1.82) is 0 Å². The molecule has 1 aliphatic rings. The monoisotopic (exact) mass is 343 g/mol. The molecule has 0 amide bonds. The van der Waals surface area contributed by atoms with Gasteiger partial charge in [-0.1, -0.05) is 12.1 Å². The number of thiophene rings is 1. The summed E-state index contributed by atoms with van der Waals surface area (Å²) in [6.07, 6.45) is 3.51. The number of benzene rings is 1. The van der Waals surface area contributed by atoms with Gasteiger partial charge in [-0.25, -0.2) is 4.98 Å². The van der Waals surface area contributed by atoms with Gasteiger partial charge in [-0.2, -0.15) is 4.98 Å². The molecule has 0 bridgehead atoms. The van der Waals surface area contributed by atoms with Crippen molar-refractivity contribution < 1.29 is 0 Å². The predicted octanol–water partition coefficient (Wildman–Crippen LogP) is 5.30. The van der Waals surface area contributed by atoms with Crippen molar-refractivity contribution in [3.63, 3.8) is 0 Å². The minimum atomic E-state index is 0.332. The first kappa shape index (κ1) is 14.9. The Morgan fingerprint density at radius 2 is 2.13 bits per heavy atom. The maximum Gasteiger partial charge on any atom is 0.225 e. The van der Waals surface area contributed by atoms with E-state index in [4.69, 9.17) is 11.6 Å². The number of hydrogen-bond donors (Lipinski definition) is 0. The SMILES string of the molecule is CCN(c1cccc(C)c1)c1nc(Cl)nc2sc3c(c12)CCC3. The van der Waals surface area contributed by atoms with Crippen LogP contribution in [0.3, 0.4) is 0 Å². The van der Waals surface area contributed by atoms with Crippen molar-refractivity contribution in [2.45, 2.75) is 33.1 Å². The largest absolute Gasteiger partial charge is 0.326 e. The van der Waals surface area contributed by atoms with Gasteiger partial charge >= 0.3 is 0 Å². The fraction of sp³-hybridized carbons (Fsp3) is 0.333. The van der Waals surface area contributed by atoms with Crippen LogP contribution in [0.1, 0.15) is 29.3 Å². The summed E-state index contributed by atoms with van der Waals surface area (Å²) in [5.74, 6) is 0.951. The van der Waals surface area contributed by atoms with Gasteiger partial charge in [0.2, 0.25) is 5.28 Å². The van der Waals surface area contributed by atoms with Crippen LogP contribution in [-0.2, 0) is 12.8 Å². The van der Waals surface area contributed by atoms with Crippen LogP contribution in [0, 0.1) is 6.92 Å². The van der Waals surface area contributed by atoms with E-state index in [1.807, 2.05) is 0 Å². The number of anilines is 2. The van der Waals surface area contributed by atoms with Crippen molar-refractivity contribution in [2.75, 3.05) is 11.4 Å². The average molecular weight is 344 g/mol. The lowest BCUT2D eigenvalue weighted by molar-refractivity contribution is 0.916. The Morgan fingerprint density at radius 3 is 2.91 bits per heavy atom. The summed E-state index contributed by atoms with van der Waals surface area (Å²) in [6, 6.07) is 8.52. The third kappa shape index (κ3) is 2.50. The highest BCUT2D eigenvalue weighted by atomic mass is 35.5. The summed E-state index contributed by atoms with van der Waals surface area (Å²) in [6.45, 7) is 5.11. The summed E-state index contributed by atoms with van der Waals surface area (Å²) in [5.41, 5.74) is 3.83. The summed E-state index contributed by atoms with van der Waals surface area (Å²) in [5, 5.41) is 1.54. The standard InChI is InChI=1S/C18H18ClN3S/c1-3-22(12-7-4-6-11(2)10-12)16-15-13-8-5-9-14(13)23-17(15)21-18(19)20-16/h4,6-7,10H,3,5,8-9H2,1-2H3. The molecule has 2 aromatic heterocycles. The average Bonchev–Trinajstić information content (AvgIpc) is 3.08. The molecule has 3 aromatic rings. The Bertz CT molecular complexity index is 887. The van der Waals surface area contributed by atoms with Gasteiger partial charge in [0.25, 0.3) is 0 Å². The Kier molecular flexibility index (Phi) is 3.74. The summed E-state index contributed by atoms with van der Waals surface area (Å²) >= 11 is 8.00. The van der Waals surface area contributed by atoms with Crippen molar-refractivity contribution in [1.82, 2.24) is 9.97 Å². The molecule has 0 spiro atoms. The van der Waals surface area contributed by atoms with Crippen LogP contribution in [0.2, 0.25) is 5.28 Å². The molecule has 2 heterocycles. The number of aryl methyl sites for hydroxylation is 3. The highest BCUT2D eigenvalue weighted by Crippen LogP contribution is 2.42. The van der Waals surface area contributed by atoms with Crippen molar-refractivity contribution >= 4 is 44.7 Å². The highest BCUT2D eigenvalue weighted by molar-refractivity contribution is 7.19. The second kappa shape index (κ2) is 5.77. The van der Waals surface area contributed by atoms with Gasteiger partial charge < -0.3 is 4.90 Å². The topological polar surface area (TPSA) is 29.0 Å². The lowest BCUT2D eigenvalue weighted by atomic mass is 10.1. The second-order valence-electron chi connectivity index (χ2n) is 5.94. The van der Waals surface area contributed by atoms with Gasteiger partial charge in [0.1, 0.15) is 10.6 Å². The number of rotatable bonds is 3. The highest BCUT2D eigenvalue weighted by Gasteiger charge is 2.24. The zero-order chi connectivity index (χ0) is 16.0. The smallest absolute Gasteiger partial charge is 0.225 e. The molecule has 5 heteroatoms. The van der Waals surface area contributed by atoms with E-state index >= 15 is 0 Å². The Hall–Kier alpha value is -1.65. The molecule has 118 valence electrons. The number of fused-ring (bicyclic) bond motifs is 3. The number of aromatic nitrogens is 2. The van der Waals surface area contributed by atoms with Crippen LogP contribution < -0.4 is 4.90 Å². The maximum absolute atomic E-state index is 6.22. The van der Waals surface area contributed by atoms with E-state index in [0.717, 1.165) is 35.7 Å². The molecule has 0 aliphatic heterocycles. The molecule has 0 radical (unpaired) electrons. The van der Waals surface area contributed by atoms with E-state index in [1.54, 1.807) is 11.3 Å². The van der Waals surface area contributed by atoms with Gasteiger partial charge in [-0.15, -0.1) is 11.3 Å². The van der Waals surface area contributed by atoms with Crippen LogP contribution in [0.5, 0.6) is 0 Å². The van der Waals surface area contributed by atoms with E-state index < -0.39 is 0 Å². The molecular weight excluding hydrogens is 326 g/mol. The van der Waals surface area contributed by atoms with Crippen LogP contribution in [0.25, 0.3) is 10.2 Å². The van der Waals surface area contributed by atoms with Crippen molar-refractivity contribution in [2.24, 2.45) is 0 Å². The van der Waals surface area contributed by atoms with Crippen LogP contribution in [-0.4, -0.2) is 16.5 Å². The van der Waals surface area contributed by atoms with Gasteiger partial charge in [0, 0.05) is 17.1 Å². The molecule has 3 nitrogen and oxygen atoms in total. The van der Waals surface area contributed by atoms with Gasteiger partial charge in [0.15, 0.2) is 0 Å². The molecule has 0 unspecified atom stereocenters. The lowest BCUT2D eigenvalue weighted by Gasteiger charge is -2.23. The Labute approximate surface area is 144 Å². The second-order valence-corrected chi connectivity index (χ2v) is 7.36. The van der Waals surface area contributed by atoms with Crippen LogP contribution in [0.4, 0.5) is 11.5 Å². The van der Waals surface area contributed by atoms with E-state index in [-0.39, 0.29) is 0 Å². The van der Waals surface area contributed by atoms with E-state index in [9.17, 15) is 0 Å². The fourth-order valence-electron chi connectivity index (χ4n) is 3.40. The fourth-order valence-corrected chi connectivity index (χ4v) is 4.87. The molecule has 4 rings (SSSR count). The summed E-state index contributed by atoms with van der Waals surface area (Å²) < 4.78 is 0. The molecule has 0 saturated carbocycles. The van der Waals surface area contributed by atoms with Gasteiger partial charge in [-0.05, 0) is 68.0 Å². The van der Waals surface area contributed by atoms with Gasteiger partial charge in [-0.3, -0.25) is 0 Å². The molecule has 0 saturated heterocycles. The van der Waals surface area contributed by atoms with Crippen LogP contribution in [0.15, 0.2) is 24.3 Å². The lowest BCUT2D eigenvalue weighted by Crippen LogP contribution is -2.18. The van der Waals surface area contributed by atoms with Gasteiger partial charge in [0.05, 0.1) is 5.39 Å². The summed E-state index contributed by atoms with van der Waals surface area (Å²) in [7, 11) is 0. The van der Waals surface area contributed by atoms with E-state index in [0.29, 0.717) is 5.28 Å².